The smallest absolute Gasteiger partial charge is 0.407 e. The number of hydrogen-bond acceptors (Lipinski definition) is 5. The number of alkyl carbamates (subject to hydrolysis) is 2. The minimum atomic E-state index is -0.450. The second kappa shape index (κ2) is 13.4. The van der Waals surface area contributed by atoms with Gasteiger partial charge in [-0.15, -0.1) is 0 Å². The van der Waals surface area contributed by atoms with Crippen LogP contribution in [0.3, 0.4) is 0 Å². The molecule has 3 aromatic rings. The third-order valence-corrected chi connectivity index (χ3v) is 7.63. The van der Waals surface area contributed by atoms with Crippen LogP contribution in [-0.2, 0) is 9.47 Å². The predicted octanol–water partition coefficient (Wildman–Crippen LogP) is 8.65. The number of carbonyl (C=O) groups excluding carboxylic acids is 2. The van der Waals surface area contributed by atoms with E-state index in [-0.39, 0.29) is 12.2 Å². The predicted molar refractivity (Wildman–Crippen MR) is 168 cm³/mol. The topological polar surface area (TPSA) is 89.8 Å². The minimum absolute atomic E-state index is 0.325. The van der Waals surface area contributed by atoms with E-state index in [0.717, 1.165) is 28.6 Å². The van der Waals surface area contributed by atoms with Crippen molar-refractivity contribution in [3.05, 3.63) is 82.5 Å². The van der Waals surface area contributed by atoms with Crippen molar-refractivity contribution in [3.8, 4) is 11.3 Å². The molecule has 2 aliphatic rings. The van der Waals surface area contributed by atoms with Gasteiger partial charge >= 0.3 is 12.2 Å². The number of nitrogens with one attached hydrogen (secondary N) is 2. The summed E-state index contributed by atoms with van der Waals surface area (Å²) < 4.78 is 17.0. The van der Waals surface area contributed by atoms with Crippen LogP contribution in [0.4, 0.5) is 9.59 Å². The molecule has 7 nitrogen and oxygen atoms in total. The van der Waals surface area contributed by atoms with Crippen LogP contribution in [0.1, 0.15) is 77.3 Å². The first kappa shape index (κ1) is 31.7. The van der Waals surface area contributed by atoms with Crippen molar-refractivity contribution in [3.63, 3.8) is 0 Å². The van der Waals surface area contributed by atoms with Crippen molar-refractivity contribution < 1.29 is 23.5 Å². The van der Waals surface area contributed by atoms with Gasteiger partial charge in [0.2, 0.25) is 0 Å². The summed E-state index contributed by atoms with van der Waals surface area (Å²) in [6.07, 6.45) is 3.26. The fourth-order valence-electron chi connectivity index (χ4n) is 4.87. The number of hydrogen-bond donors (Lipinski definition) is 2. The maximum Gasteiger partial charge on any atom is 0.407 e. The highest BCUT2D eigenvalue weighted by Crippen LogP contribution is 2.48. The van der Waals surface area contributed by atoms with E-state index >= 15 is 0 Å². The molecule has 2 fully saturated rings. The normalized spacial score (nSPS) is 20.9. The Kier molecular flexibility index (Phi) is 10.1. The van der Waals surface area contributed by atoms with Crippen LogP contribution in [0.15, 0.2) is 75.8 Å². The molecule has 2 amide bonds. The van der Waals surface area contributed by atoms with Crippen molar-refractivity contribution in [2.24, 2.45) is 11.8 Å². The average Bonchev–Trinajstić information content (AvgIpc) is 3.80. The standard InChI is InChI=1S/C19H23NO3.C15H20BrNO2/c1-19(2,3)23-18(21)20-12-15-11-16(15)13-6-8-14(9-7-13)17-5-4-10-22-17;1-15(2,3)19-14(18)17-9-11-8-13(11)10-4-6-12(16)7-5-10/h4-10,15-16H,11-12H2,1-3H3,(H,20,21);4-7,11,13H,8-9H2,1-3H3,(H,17,18). The number of furan rings is 1. The third kappa shape index (κ3) is 10.2. The fraction of sp³-hybridized carbons (Fsp3) is 0.471. The highest BCUT2D eigenvalue weighted by Gasteiger charge is 2.39. The summed E-state index contributed by atoms with van der Waals surface area (Å²) in [5.41, 5.74) is 2.87. The fourth-order valence-corrected chi connectivity index (χ4v) is 5.13. The van der Waals surface area contributed by atoms with Crippen LogP contribution in [0.2, 0.25) is 0 Å². The van der Waals surface area contributed by atoms with Crippen molar-refractivity contribution >= 4 is 28.1 Å². The first-order valence-electron chi connectivity index (χ1n) is 14.6. The molecule has 2 N–H and O–H groups in total. The molecule has 5 rings (SSSR count). The van der Waals surface area contributed by atoms with Crippen LogP contribution in [-0.4, -0.2) is 36.5 Å². The van der Waals surface area contributed by atoms with Crippen LogP contribution in [0.25, 0.3) is 11.3 Å². The molecule has 4 unspecified atom stereocenters. The van der Waals surface area contributed by atoms with Gasteiger partial charge < -0.3 is 24.5 Å². The number of amides is 2. The lowest BCUT2D eigenvalue weighted by molar-refractivity contribution is 0.0513. The summed E-state index contributed by atoms with van der Waals surface area (Å²) in [4.78, 5) is 23.2. The Balaban J connectivity index is 0.000000197. The number of benzene rings is 2. The summed E-state index contributed by atoms with van der Waals surface area (Å²) in [6, 6.07) is 20.7. The van der Waals surface area contributed by atoms with Crippen molar-refractivity contribution in [1.82, 2.24) is 10.6 Å². The molecular formula is C34H43BrN2O5. The van der Waals surface area contributed by atoms with E-state index in [2.05, 4.69) is 75.1 Å². The van der Waals surface area contributed by atoms with E-state index in [9.17, 15) is 9.59 Å². The van der Waals surface area contributed by atoms with Crippen LogP contribution in [0, 0.1) is 11.8 Å². The molecule has 42 heavy (non-hydrogen) atoms. The summed E-state index contributed by atoms with van der Waals surface area (Å²) >= 11 is 3.43. The van der Waals surface area contributed by atoms with E-state index in [1.54, 1.807) is 6.26 Å². The van der Waals surface area contributed by atoms with E-state index in [0.29, 0.717) is 36.8 Å². The molecule has 1 aromatic heterocycles. The van der Waals surface area contributed by atoms with Crippen molar-refractivity contribution in [1.29, 1.82) is 0 Å². The SMILES string of the molecule is CC(C)(C)OC(=O)NCC1CC1c1ccc(-c2ccco2)cc1.CC(C)(C)OC(=O)NCC1CC1c1ccc(Br)cc1. The first-order chi connectivity index (χ1) is 19.8. The summed E-state index contributed by atoms with van der Waals surface area (Å²) in [6.45, 7) is 12.6. The van der Waals surface area contributed by atoms with E-state index in [1.807, 2.05) is 53.7 Å². The second-order valence-corrected chi connectivity index (χ2v) is 14.0. The zero-order chi connectivity index (χ0) is 30.5. The third-order valence-electron chi connectivity index (χ3n) is 7.10. The molecule has 0 saturated heterocycles. The molecule has 0 radical (unpaired) electrons. The molecule has 2 aromatic carbocycles. The van der Waals surface area contributed by atoms with Crippen LogP contribution < -0.4 is 10.6 Å². The lowest BCUT2D eigenvalue weighted by atomic mass is 10.1. The monoisotopic (exact) mass is 638 g/mol. The zero-order valence-electron chi connectivity index (χ0n) is 25.4. The summed E-state index contributed by atoms with van der Waals surface area (Å²) in [7, 11) is 0. The highest BCUT2D eigenvalue weighted by atomic mass is 79.9. The molecule has 8 heteroatoms. The lowest BCUT2D eigenvalue weighted by Crippen LogP contribution is -2.33. The number of halogens is 1. The Morgan fingerprint density at radius 2 is 1.21 bits per heavy atom. The van der Waals surface area contributed by atoms with Crippen LogP contribution in [0.5, 0.6) is 0 Å². The van der Waals surface area contributed by atoms with E-state index < -0.39 is 11.2 Å². The van der Waals surface area contributed by atoms with Gasteiger partial charge in [0, 0.05) is 23.1 Å². The quantitative estimate of drug-likeness (QED) is 0.270. The molecule has 0 spiro atoms. The van der Waals surface area contributed by atoms with Gasteiger partial charge in [0.15, 0.2) is 0 Å². The van der Waals surface area contributed by atoms with Gasteiger partial charge in [-0.05, 0) is 113 Å². The first-order valence-corrected chi connectivity index (χ1v) is 15.4. The van der Waals surface area contributed by atoms with Gasteiger partial charge in [0.25, 0.3) is 0 Å². The molecule has 0 bridgehead atoms. The molecule has 1 heterocycles. The largest absolute Gasteiger partial charge is 0.464 e. The van der Waals surface area contributed by atoms with Gasteiger partial charge in [0.1, 0.15) is 17.0 Å². The number of rotatable bonds is 7. The maximum absolute atomic E-state index is 11.7. The minimum Gasteiger partial charge on any atom is -0.464 e. The highest BCUT2D eigenvalue weighted by molar-refractivity contribution is 9.10. The maximum atomic E-state index is 11.7. The average molecular weight is 640 g/mol. The molecule has 226 valence electrons. The lowest BCUT2D eigenvalue weighted by Gasteiger charge is -2.19. The summed E-state index contributed by atoms with van der Waals surface area (Å²) in [5.74, 6) is 3.01. The Hall–Kier alpha value is -3.26. The van der Waals surface area contributed by atoms with Crippen molar-refractivity contribution in [2.75, 3.05) is 13.1 Å². The van der Waals surface area contributed by atoms with Gasteiger partial charge in [-0.3, -0.25) is 0 Å². The number of ether oxygens (including phenoxy) is 2. The molecule has 2 aliphatic carbocycles. The van der Waals surface area contributed by atoms with E-state index in [4.69, 9.17) is 13.9 Å². The van der Waals surface area contributed by atoms with Gasteiger partial charge in [-0.2, -0.15) is 0 Å². The van der Waals surface area contributed by atoms with Gasteiger partial charge in [-0.25, -0.2) is 9.59 Å². The van der Waals surface area contributed by atoms with Crippen LogP contribution >= 0.6 is 15.9 Å². The molecular weight excluding hydrogens is 596 g/mol. The second-order valence-electron chi connectivity index (χ2n) is 13.1. The Morgan fingerprint density at radius 3 is 1.62 bits per heavy atom. The van der Waals surface area contributed by atoms with Gasteiger partial charge in [0.05, 0.1) is 6.26 Å². The summed E-state index contributed by atoms with van der Waals surface area (Å²) in [5, 5.41) is 5.70. The molecule has 4 atom stereocenters. The van der Waals surface area contributed by atoms with Gasteiger partial charge in [-0.1, -0.05) is 52.3 Å². The van der Waals surface area contributed by atoms with Crippen molar-refractivity contribution in [2.45, 2.75) is 77.4 Å². The Morgan fingerprint density at radius 1 is 0.762 bits per heavy atom. The Bertz CT molecular complexity index is 1310. The zero-order valence-corrected chi connectivity index (χ0v) is 27.0. The molecule has 0 aliphatic heterocycles. The Labute approximate surface area is 257 Å². The van der Waals surface area contributed by atoms with E-state index in [1.165, 1.54) is 11.1 Å². The molecule has 2 saturated carbocycles. The number of carbonyl (C=O) groups is 2.